The van der Waals surface area contributed by atoms with Crippen molar-refractivity contribution in [2.45, 2.75) is 12.5 Å². The van der Waals surface area contributed by atoms with Crippen molar-refractivity contribution in [3.63, 3.8) is 0 Å². The van der Waals surface area contributed by atoms with Gasteiger partial charge in [0.2, 0.25) is 0 Å². The van der Waals surface area contributed by atoms with E-state index in [1.165, 1.54) is 6.07 Å². The first kappa shape index (κ1) is 14.4. The molecule has 108 valence electrons. The summed E-state index contributed by atoms with van der Waals surface area (Å²) in [7, 11) is 0. The summed E-state index contributed by atoms with van der Waals surface area (Å²) < 4.78 is 14.3. The van der Waals surface area contributed by atoms with Gasteiger partial charge < -0.3 is 0 Å². The van der Waals surface area contributed by atoms with E-state index in [0.717, 1.165) is 21.3 Å². The molecule has 3 aromatic rings. The van der Waals surface area contributed by atoms with Gasteiger partial charge in [-0.25, -0.2) is 4.39 Å². The number of pyridine rings is 1. The molecule has 0 aliphatic heterocycles. The van der Waals surface area contributed by atoms with Crippen molar-refractivity contribution >= 4 is 33.2 Å². The van der Waals surface area contributed by atoms with Gasteiger partial charge in [-0.2, -0.15) is 0 Å². The highest BCUT2D eigenvalue weighted by atomic mass is 35.5. The van der Waals surface area contributed by atoms with Crippen LogP contribution in [0.1, 0.15) is 17.2 Å². The first-order valence-corrected chi connectivity index (χ1v) is 7.66. The fourth-order valence-electron chi connectivity index (χ4n) is 2.23. The third-order valence-electron chi connectivity index (χ3n) is 3.35. The number of hydrazine groups is 1. The monoisotopic (exact) mass is 321 g/mol. The second-order valence-electron chi connectivity index (χ2n) is 4.74. The van der Waals surface area contributed by atoms with Crippen molar-refractivity contribution in [3.8, 4) is 0 Å². The summed E-state index contributed by atoms with van der Waals surface area (Å²) in [5, 5.41) is 2.13. The maximum atomic E-state index is 13.2. The molecule has 2 aromatic heterocycles. The van der Waals surface area contributed by atoms with Gasteiger partial charge in [-0.05, 0) is 47.2 Å². The van der Waals surface area contributed by atoms with E-state index in [9.17, 15) is 4.39 Å². The van der Waals surface area contributed by atoms with E-state index in [-0.39, 0.29) is 11.1 Å². The van der Waals surface area contributed by atoms with Gasteiger partial charge in [0.15, 0.2) is 0 Å². The number of halogens is 2. The Hall–Kier alpha value is -1.53. The van der Waals surface area contributed by atoms with Crippen LogP contribution in [0.15, 0.2) is 41.9 Å². The fraction of sp³-hybridized carbons (Fsp3) is 0.133. The molecule has 0 radical (unpaired) electrons. The summed E-state index contributed by atoms with van der Waals surface area (Å²) in [6.45, 7) is 0. The molecule has 3 nitrogen and oxygen atoms in total. The molecule has 1 atom stereocenters. The maximum Gasteiger partial charge on any atom is 0.141 e. The zero-order valence-electron chi connectivity index (χ0n) is 11.0. The number of nitrogens with zero attached hydrogens (tertiary/aromatic N) is 1. The average molecular weight is 322 g/mol. The highest BCUT2D eigenvalue weighted by molar-refractivity contribution is 7.17. The van der Waals surface area contributed by atoms with Gasteiger partial charge in [-0.1, -0.05) is 17.7 Å². The van der Waals surface area contributed by atoms with Gasteiger partial charge in [0, 0.05) is 6.20 Å². The Morgan fingerprint density at radius 3 is 2.95 bits per heavy atom. The van der Waals surface area contributed by atoms with E-state index in [4.69, 9.17) is 17.4 Å². The summed E-state index contributed by atoms with van der Waals surface area (Å²) in [5.74, 6) is 5.24. The van der Waals surface area contributed by atoms with Crippen molar-refractivity contribution < 1.29 is 4.39 Å². The Morgan fingerprint density at radius 2 is 2.19 bits per heavy atom. The van der Waals surface area contributed by atoms with Gasteiger partial charge in [0.05, 0.1) is 21.3 Å². The SMILES string of the molecule is NNC(Cc1ccc(F)c(Cl)c1)c1cnc2ccsc2c1. The normalized spacial score (nSPS) is 12.7. The molecule has 2 heterocycles. The number of rotatable bonds is 4. The molecule has 1 aromatic carbocycles. The van der Waals surface area contributed by atoms with Crippen molar-refractivity contribution in [2.24, 2.45) is 5.84 Å². The minimum absolute atomic E-state index is 0.106. The Kier molecular flexibility index (Phi) is 4.17. The predicted octanol–water partition coefficient (Wildman–Crippen LogP) is 3.84. The van der Waals surface area contributed by atoms with Crippen LogP contribution in [-0.4, -0.2) is 4.98 Å². The lowest BCUT2D eigenvalue weighted by molar-refractivity contribution is 0.550. The van der Waals surface area contributed by atoms with Crippen LogP contribution in [0.3, 0.4) is 0 Å². The molecule has 6 heteroatoms. The molecule has 0 aliphatic carbocycles. The predicted molar refractivity (Wildman–Crippen MR) is 84.8 cm³/mol. The zero-order chi connectivity index (χ0) is 14.8. The molecule has 0 saturated carbocycles. The van der Waals surface area contributed by atoms with Crippen LogP contribution < -0.4 is 11.3 Å². The number of thiophene rings is 1. The van der Waals surface area contributed by atoms with Crippen LogP contribution in [-0.2, 0) is 6.42 Å². The number of hydrogen-bond acceptors (Lipinski definition) is 4. The van der Waals surface area contributed by atoms with Crippen LogP contribution in [0.2, 0.25) is 5.02 Å². The lowest BCUT2D eigenvalue weighted by Gasteiger charge is -2.16. The van der Waals surface area contributed by atoms with E-state index in [2.05, 4.69) is 16.5 Å². The third kappa shape index (κ3) is 3.06. The van der Waals surface area contributed by atoms with Crippen LogP contribution in [0.4, 0.5) is 4.39 Å². The second-order valence-corrected chi connectivity index (χ2v) is 6.10. The molecule has 0 saturated heterocycles. The molecule has 0 amide bonds. The van der Waals surface area contributed by atoms with Gasteiger partial charge in [-0.3, -0.25) is 16.3 Å². The average Bonchev–Trinajstić information content (AvgIpc) is 2.95. The summed E-state index contributed by atoms with van der Waals surface area (Å²) in [6, 6.07) is 8.65. The van der Waals surface area contributed by atoms with Crippen molar-refractivity contribution in [2.75, 3.05) is 0 Å². The highest BCUT2D eigenvalue weighted by Crippen LogP contribution is 2.25. The molecule has 21 heavy (non-hydrogen) atoms. The second kappa shape index (κ2) is 6.07. The standard InChI is InChI=1S/C15H13ClFN3S/c16-11-5-9(1-2-12(11)17)6-14(20-18)10-7-15-13(19-8-10)3-4-21-15/h1-5,7-8,14,20H,6,18H2. The van der Waals surface area contributed by atoms with Crippen LogP contribution in [0, 0.1) is 5.82 Å². The van der Waals surface area contributed by atoms with Gasteiger partial charge in [0.25, 0.3) is 0 Å². The molecule has 0 bridgehead atoms. The number of benzene rings is 1. The van der Waals surface area contributed by atoms with Crippen LogP contribution in [0.25, 0.3) is 10.2 Å². The number of fused-ring (bicyclic) bond motifs is 1. The van der Waals surface area contributed by atoms with E-state index < -0.39 is 5.82 Å². The molecule has 3 rings (SSSR count). The fourth-order valence-corrected chi connectivity index (χ4v) is 3.22. The largest absolute Gasteiger partial charge is 0.271 e. The number of nitrogens with two attached hydrogens (primary N) is 1. The lowest BCUT2D eigenvalue weighted by Crippen LogP contribution is -2.29. The minimum atomic E-state index is -0.417. The maximum absolute atomic E-state index is 13.2. The molecule has 0 aliphatic rings. The van der Waals surface area contributed by atoms with Crippen molar-refractivity contribution in [1.29, 1.82) is 0 Å². The molecule has 0 fully saturated rings. The molecular weight excluding hydrogens is 309 g/mol. The van der Waals surface area contributed by atoms with E-state index in [1.54, 1.807) is 23.5 Å². The first-order valence-electron chi connectivity index (χ1n) is 6.40. The summed E-state index contributed by atoms with van der Waals surface area (Å²) >= 11 is 7.45. The third-order valence-corrected chi connectivity index (χ3v) is 4.49. The highest BCUT2D eigenvalue weighted by Gasteiger charge is 2.13. The number of hydrogen-bond donors (Lipinski definition) is 2. The Balaban J connectivity index is 1.88. The number of nitrogens with one attached hydrogen (secondary N) is 1. The summed E-state index contributed by atoms with van der Waals surface area (Å²) in [4.78, 5) is 4.41. The summed E-state index contributed by atoms with van der Waals surface area (Å²) in [6.07, 6.45) is 2.42. The Morgan fingerprint density at radius 1 is 1.33 bits per heavy atom. The van der Waals surface area contributed by atoms with E-state index in [1.807, 2.05) is 17.6 Å². The van der Waals surface area contributed by atoms with Crippen LogP contribution >= 0.6 is 22.9 Å². The first-order chi connectivity index (χ1) is 10.2. The van der Waals surface area contributed by atoms with Gasteiger partial charge in [0.1, 0.15) is 5.82 Å². The quantitative estimate of drug-likeness (QED) is 0.567. The Bertz CT molecular complexity index is 774. The molecule has 0 spiro atoms. The minimum Gasteiger partial charge on any atom is -0.271 e. The summed E-state index contributed by atoms with van der Waals surface area (Å²) in [5.41, 5.74) is 5.67. The van der Waals surface area contributed by atoms with Gasteiger partial charge in [-0.15, -0.1) is 11.3 Å². The number of aromatic nitrogens is 1. The smallest absolute Gasteiger partial charge is 0.141 e. The Labute approximate surface area is 130 Å². The topological polar surface area (TPSA) is 50.9 Å². The molecule has 1 unspecified atom stereocenters. The van der Waals surface area contributed by atoms with Crippen molar-refractivity contribution in [1.82, 2.24) is 10.4 Å². The van der Waals surface area contributed by atoms with Gasteiger partial charge >= 0.3 is 0 Å². The van der Waals surface area contributed by atoms with E-state index >= 15 is 0 Å². The van der Waals surface area contributed by atoms with E-state index in [0.29, 0.717) is 6.42 Å². The zero-order valence-corrected chi connectivity index (χ0v) is 12.6. The molecular formula is C15H13ClFN3S. The molecule has 3 N–H and O–H groups in total. The lowest BCUT2D eigenvalue weighted by atomic mass is 10.0. The van der Waals surface area contributed by atoms with Crippen molar-refractivity contribution in [3.05, 3.63) is 63.9 Å². The van der Waals surface area contributed by atoms with Crippen LogP contribution in [0.5, 0.6) is 0 Å².